The van der Waals surface area contributed by atoms with Crippen LogP contribution in [0, 0.1) is 0 Å². The van der Waals surface area contributed by atoms with E-state index in [1.165, 1.54) is 23.1 Å². The lowest BCUT2D eigenvalue weighted by atomic mass is 10.0. The molecule has 6 nitrogen and oxygen atoms in total. The average Bonchev–Trinajstić information content (AvgIpc) is 3.26. The lowest BCUT2D eigenvalue weighted by molar-refractivity contribution is 0.410. The lowest BCUT2D eigenvalue weighted by Gasteiger charge is -2.14. The van der Waals surface area contributed by atoms with Crippen LogP contribution in [0.4, 0.5) is 5.69 Å². The third kappa shape index (κ3) is 2.58. The molecule has 4 rings (SSSR count). The van der Waals surface area contributed by atoms with E-state index < -0.39 is 0 Å². The maximum atomic E-state index is 5.59. The first kappa shape index (κ1) is 14.9. The fourth-order valence-electron chi connectivity index (χ4n) is 3.35. The molecular weight excluding hydrogens is 302 g/mol. The molecule has 24 heavy (non-hydrogen) atoms. The van der Waals surface area contributed by atoms with Crippen molar-refractivity contribution in [3.05, 3.63) is 46.9 Å². The van der Waals surface area contributed by atoms with Crippen LogP contribution in [0.1, 0.15) is 35.7 Å². The van der Waals surface area contributed by atoms with Gasteiger partial charge in [-0.1, -0.05) is 13.0 Å². The van der Waals surface area contributed by atoms with Gasteiger partial charge in [-0.05, 0) is 48.9 Å². The highest BCUT2D eigenvalue weighted by molar-refractivity contribution is 5.67. The molecule has 1 aromatic carbocycles. The van der Waals surface area contributed by atoms with Crippen LogP contribution in [-0.4, -0.2) is 26.9 Å². The highest BCUT2D eigenvalue weighted by atomic mass is 16.5. The van der Waals surface area contributed by atoms with Crippen molar-refractivity contribution in [3.63, 3.8) is 0 Å². The number of nitrogens with one attached hydrogen (secondary N) is 1. The number of aromatic nitrogens is 4. The molecule has 0 aliphatic heterocycles. The molecule has 0 atom stereocenters. The summed E-state index contributed by atoms with van der Waals surface area (Å²) in [5, 5.41) is 16.1. The van der Waals surface area contributed by atoms with E-state index >= 15 is 0 Å². The molecule has 0 radical (unpaired) electrons. The van der Waals surface area contributed by atoms with Crippen molar-refractivity contribution in [3.8, 4) is 5.75 Å². The predicted molar refractivity (Wildman–Crippen MR) is 92.5 cm³/mol. The molecule has 3 aromatic rings. The molecule has 1 aliphatic carbocycles. The van der Waals surface area contributed by atoms with Crippen LogP contribution < -0.4 is 10.1 Å². The molecule has 1 aliphatic rings. The van der Waals surface area contributed by atoms with Gasteiger partial charge in [0.2, 0.25) is 5.65 Å². The summed E-state index contributed by atoms with van der Waals surface area (Å²) in [5.74, 6) is 0.949. The number of hydrogen-bond donors (Lipinski definition) is 1. The standard InChI is InChI=1S/C18H21N5O/c1-3-15-9-16(18-21-20-11-23(18)22-15)19-10-14-7-12-5-4-6-13(12)8-17(14)24-2/h7-9,11,19H,3-6,10H2,1-2H3. The number of anilines is 1. The second-order valence-corrected chi connectivity index (χ2v) is 6.14. The van der Waals surface area contributed by atoms with Gasteiger partial charge in [0.1, 0.15) is 12.1 Å². The zero-order valence-electron chi connectivity index (χ0n) is 14.0. The lowest BCUT2D eigenvalue weighted by Crippen LogP contribution is -2.07. The summed E-state index contributed by atoms with van der Waals surface area (Å²) < 4.78 is 7.31. The summed E-state index contributed by atoms with van der Waals surface area (Å²) in [6.45, 7) is 2.78. The van der Waals surface area contributed by atoms with Crippen molar-refractivity contribution in [1.82, 2.24) is 19.8 Å². The first-order chi connectivity index (χ1) is 11.8. The van der Waals surface area contributed by atoms with Gasteiger partial charge in [-0.3, -0.25) is 0 Å². The number of aryl methyl sites for hydroxylation is 3. The minimum absolute atomic E-state index is 0.687. The summed E-state index contributed by atoms with van der Waals surface area (Å²) in [5.41, 5.74) is 6.74. The van der Waals surface area contributed by atoms with Gasteiger partial charge in [0.05, 0.1) is 18.5 Å². The quantitative estimate of drug-likeness (QED) is 0.782. The molecular formula is C18H21N5O. The summed E-state index contributed by atoms with van der Waals surface area (Å²) in [6.07, 6.45) is 6.06. The number of fused-ring (bicyclic) bond motifs is 2. The molecule has 2 heterocycles. The fraction of sp³-hybridized carbons (Fsp3) is 0.389. The number of methoxy groups -OCH3 is 1. The molecule has 0 unspecified atom stereocenters. The van der Waals surface area contributed by atoms with Crippen molar-refractivity contribution >= 4 is 11.3 Å². The predicted octanol–water partition coefficient (Wildman–Crippen LogP) is 2.80. The number of ether oxygens (including phenoxy) is 1. The zero-order chi connectivity index (χ0) is 16.5. The smallest absolute Gasteiger partial charge is 0.200 e. The molecule has 0 amide bonds. The molecule has 1 N–H and O–H groups in total. The zero-order valence-corrected chi connectivity index (χ0v) is 14.0. The number of nitrogens with zero attached hydrogens (tertiary/aromatic N) is 4. The molecule has 124 valence electrons. The van der Waals surface area contributed by atoms with E-state index in [4.69, 9.17) is 4.74 Å². The van der Waals surface area contributed by atoms with Gasteiger partial charge in [0, 0.05) is 12.1 Å². The van der Waals surface area contributed by atoms with Crippen LogP contribution in [0.15, 0.2) is 24.5 Å². The van der Waals surface area contributed by atoms with E-state index in [1.807, 2.05) is 6.07 Å². The average molecular weight is 323 g/mol. The van der Waals surface area contributed by atoms with E-state index in [0.717, 1.165) is 42.0 Å². The van der Waals surface area contributed by atoms with Crippen molar-refractivity contribution in [1.29, 1.82) is 0 Å². The molecule has 0 fully saturated rings. The first-order valence-electron chi connectivity index (χ1n) is 8.41. The highest BCUT2D eigenvalue weighted by Gasteiger charge is 2.15. The Morgan fingerprint density at radius 2 is 2.04 bits per heavy atom. The van der Waals surface area contributed by atoms with Gasteiger partial charge in [-0.15, -0.1) is 10.2 Å². The Balaban J connectivity index is 1.65. The largest absolute Gasteiger partial charge is 0.496 e. The van der Waals surface area contributed by atoms with E-state index in [2.05, 4.69) is 39.7 Å². The van der Waals surface area contributed by atoms with Gasteiger partial charge in [0.15, 0.2) is 0 Å². The van der Waals surface area contributed by atoms with E-state index in [0.29, 0.717) is 6.54 Å². The second kappa shape index (κ2) is 6.11. The summed E-state index contributed by atoms with van der Waals surface area (Å²) in [6, 6.07) is 6.51. The number of hydrogen-bond acceptors (Lipinski definition) is 5. The highest BCUT2D eigenvalue weighted by Crippen LogP contribution is 2.30. The molecule has 6 heteroatoms. The van der Waals surface area contributed by atoms with Crippen LogP contribution >= 0.6 is 0 Å². The van der Waals surface area contributed by atoms with Crippen molar-refractivity contribution in [2.45, 2.75) is 39.2 Å². The van der Waals surface area contributed by atoms with Crippen molar-refractivity contribution < 1.29 is 4.74 Å². The Morgan fingerprint density at radius 3 is 2.83 bits per heavy atom. The Hall–Kier alpha value is -2.63. The topological polar surface area (TPSA) is 64.3 Å². The van der Waals surface area contributed by atoms with E-state index in [1.54, 1.807) is 18.0 Å². The third-order valence-electron chi connectivity index (χ3n) is 4.64. The van der Waals surface area contributed by atoms with Gasteiger partial charge in [0.25, 0.3) is 0 Å². The van der Waals surface area contributed by atoms with Gasteiger partial charge < -0.3 is 10.1 Å². The monoisotopic (exact) mass is 323 g/mol. The van der Waals surface area contributed by atoms with Gasteiger partial charge in [-0.25, -0.2) is 0 Å². The minimum atomic E-state index is 0.687. The maximum absolute atomic E-state index is 5.59. The van der Waals surface area contributed by atoms with Crippen LogP contribution in [0.5, 0.6) is 5.75 Å². The van der Waals surface area contributed by atoms with Crippen LogP contribution in [0.2, 0.25) is 0 Å². The molecule has 0 saturated heterocycles. The number of benzene rings is 1. The maximum Gasteiger partial charge on any atom is 0.200 e. The molecule has 0 spiro atoms. The van der Waals surface area contributed by atoms with Crippen LogP contribution in [0.3, 0.4) is 0 Å². The van der Waals surface area contributed by atoms with Gasteiger partial charge in [-0.2, -0.15) is 9.61 Å². The Bertz CT molecular complexity index is 886. The molecule has 0 bridgehead atoms. The second-order valence-electron chi connectivity index (χ2n) is 6.14. The van der Waals surface area contributed by atoms with Crippen molar-refractivity contribution in [2.24, 2.45) is 0 Å². The first-order valence-corrected chi connectivity index (χ1v) is 8.41. The minimum Gasteiger partial charge on any atom is -0.496 e. The van der Waals surface area contributed by atoms with Crippen molar-refractivity contribution in [2.75, 3.05) is 12.4 Å². The Kier molecular flexibility index (Phi) is 3.80. The van der Waals surface area contributed by atoms with Gasteiger partial charge >= 0.3 is 0 Å². The fourth-order valence-corrected chi connectivity index (χ4v) is 3.35. The van der Waals surface area contributed by atoms with E-state index in [-0.39, 0.29) is 0 Å². The Labute approximate surface area is 140 Å². The third-order valence-corrected chi connectivity index (χ3v) is 4.64. The summed E-state index contributed by atoms with van der Waals surface area (Å²) in [7, 11) is 1.73. The molecule has 0 saturated carbocycles. The number of rotatable bonds is 5. The summed E-state index contributed by atoms with van der Waals surface area (Å²) >= 11 is 0. The molecule has 2 aromatic heterocycles. The SMILES string of the molecule is CCc1cc(NCc2cc3c(cc2OC)CCC3)c2nncn2n1. The van der Waals surface area contributed by atoms with E-state index in [9.17, 15) is 0 Å². The van der Waals surface area contributed by atoms with Crippen LogP contribution in [-0.2, 0) is 25.8 Å². The Morgan fingerprint density at radius 1 is 1.21 bits per heavy atom. The normalized spacial score (nSPS) is 13.2. The summed E-state index contributed by atoms with van der Waals surface area (Å²) in [4.78, 5) is 0. The van der Waals surface area contributed by atoms with Crippen LogP contribution in [0.25, 0.3) is 5.65 Å².